The fourth-order valence-electron chi connectivity index (χ4n) is 2.17. The number of ether oxygens (including phenoxy) is 1. The number of amides is 2. The van der Waals surface area contributed by atoms with Crippen LogP contribution in [0.4, 0.5) is 10.8 Å². The molecule has 0 aliphatic rings. The normalized spacial score (nSPS) is 10.3. The molecule has 0 atom stereocenters. The summed E-state index contributed by atoms with van der Waals surface area (Å²) in [5.41, 5.74) is 1.07. The molecule has 2 amide bonds. The summed E-state index contributed by atoms with van der Waals surface area (Å²) >= 11 is 13.0. The predicted molar refractivity (Wildman–Crippen MR) is 107 cm³/mol. The van der Waals surface area contributed by atoms with E-state index in [-0.39, 0.29) is 11.6 Å². The van der Waals surface area contributed by atoms with Crippen LogP contribution in [0.15, 0.2) is 47.8 Å². The van der Waals surface area contributed by atoms with Crippen LogP contribution >= 0.6 is 34.5 Å². The van der Waals surface area contributed by atoms with Crippen LogP contribution in [0, 0.1) is 0 Å². The van der Waals surface area contributed by atoms with Crippen LogP contribution in [0.3, 0.4) is 0 Å². The summed E-state index contributed by atoms with van der Waals surface area (Å²) in [4.78, 5) is 28.7. The molecule has 0 bridgehead atoms. The molecule has 0 unspecified atom stereocenters. The third-order valence-electron chi connectivity index (χ3n) is 3.43. The van der Waals surface area contributed by atoms with Gasteiger partial charge in [-0.2, -0.15) is 0 Å². The Kier molecular flexibility index (Phi) is 5.95. The third-order valence-corrected chi connectivity index (χ3v) is 4.62. The van der Waals surface area contributed by atoms with Crippen molar-refractivity contribution in [3.63, 3.8) is 0 Å². The molecule has 0 aliphatic heterocycles. The summed E-state index contributed by atoms with van der Waals surface area (Å²) in [5.74, 6) is -0.115. The van der Waals surface area contributed by atoms with Gasteiger partial charge < -0.3 is 10.1 Å². The van der Waals surface area contributed by atoms with E-state index in [1.54, 1.807) is 55.0 Å². The molecule has 1 aromatic heterocycles. The Labute approximate surface area is 169 Å². The first-order valence-corrected chi connectivity index (χ1v) is 9.26. The van der Waals surface area contributed by atoms with Crippen molar-refractivity contribution in [2.75, 3.05) is 17.7 Å². The zero-order valence-electron chi connectivity index (χ0n) is 14.0. The molecule has 138 valence electrons. The number of hydrogen-bond donors (Lipinski definition) is 2. The summed E-state index contributed by atoms with van der Waals surface area (Å²) in [6.07, 6.45) is 0. The first kappa shape index (κ1) is 19.2. The Bertz CT molecular complexity index is 970. The average molecular weight is 422 g/mol. The minimum Gasteiger partial charge on any atom is -0.497 e. The van der Waals surface area contributed by atoms with E-state index in [2.05, 4.69) is 15.6 Å². The molecule has 9 heteroatoms. The molecule has 0 saturated heterocycles. The van der Waals surface area contributed by atoms with Crippen molar-refractivity contribution in [3.05, 3.63) is 69.1 Å². The van der Waals surface area contributed by atoms with E-state index in [0.717, 1.165) is 11.3 Å². The van der Waals surface area contributed by atoms with Crippen molar-refractivity contribution < 1.29 is 14.3 Å². The lowest BCUT2D eigenvalue weighted by Crippen LogP contribution is -2.14. The second-order valence-corrected chi connectivity index (χ2v) is 7.06. The van der Waals surface area contributed by atoms with E-state index in [4.69, 9.17) is 27.9 Å². The number of carbonyl (C=O) groups excluding carboxylic acids is 2. The molecule has 3 rings (SSSR count). The Morgan fingerprint density at radius 3 is 2.30 bits per heavy atom. The first-order valence-electron chi connectivity index (χ1n) is 7.63. The molecule has 0 spiro atoms. The Morgan fingerprint density at radius 1 is 1.00 bits per heavy atom. The number of methoxy groups -OCH3 is 1. The second kappa shape index (κ2) is 8.39. The van der Waals surface area contributed by atoms with Crippen LogP contribution in [0.1, 0.15) is 20.8 Å². The van der Waals surface area contributed by atoms with Gasteiger partial charge in [0, 0.05) is 26.7 Å². The number of thiazole rings is 1. The SMILES string of the molecule is COc1ccc(C(=O)Nc2nc(C(=O)Nc3cc(Cl)cc(Cl)c3)cs2)cc1. The first-order chi connectivity index (χ1) is 12.9. The number of nitrogens with zero attached hydrogens (tertiary/aromatic N) is 1. The molecule has 27 heavy (non-hydrogen) atoms. The topological polar surface area (TPSA) is 80.3 Å². The molecular weight excluding hydrogens is 409 g/mol. The van der Waals surface area contributed by atoms with Crippen LogP contribution in [0.2, 0.25) is 10.0 Å². The fourth-order valence-corrected chi connectivity index (χ4v) is 3.38. The zero-order valence-corrected chi connectivity index (χ0v) is 16.3. The maximum absolute atomic E-state index is 12.3. The monoisotopic (exact) mass is 421 g/mol. The van der Waals surface area contributed by atoms with Gasteiger partial charge in [-0.3, -0.25) is 14.9 Å². The minimum atomic E-state index is -0.436. The third kappa shape index (κ3) is 4.97. The van der Waals surface area contributed by atoms with Crippen LogP contribution in [0.25, 0.3) is 0 Å². The van der Waals surface area contributed by atoms with Gasteiger partial charge in [-0.05, 0) is 42.5 Å². The predicted octanol–water partition coefficient (Wildman–Crippen LogP) is 4.96. The van der Waals surface area contributed by atoms with E-state index in [1.807, 2.05) is 0 Å². The van der Waals surface area contributed by atoms with Crippen molar-refractivity contribution >= 4 is 57.2 Å². The molecule has 1 heterocycles. The van der Waals surface area contributed by atoms with Crippen LogP contribution in [0.5, 0.6) is 5.75 Å². The van der Waals surface area contributed by atoms with Gasteiger partial charge in [-0.25, -0.2) is 4.98 Å². The number of hydrogen-bond acceptors (Lipinski definition) is 5. The highest BCUT2D eigenvalue weighted by Gasteiger charge is 2.14. The van der Waals surface area contributed by atoms with Gasteiger partial charge in [0.25, 0.3) is 11.8 Å². The molecule has 6 nitrogen and oxygen atoms in total. The maximum atomic E-state index is 12.3. The highest BCUT2D eigenvalue weighted by molar-refractivity contribution is 7.14. The number of anilines is 2. The van der Waals surface area contributed by atoms with Crippen LogP contribution < -0.4 is 15.4 Å². The number of aromatic nitrogens is 1. The van der Waals surface area contributed by atoms with Crippen molar-refractivity contribution in [1.29, 1.82) is 0 Å². The zero-order chi connectivity index (χ0) is 19.4. The second-order valence-electron chi connectivity index (χ2n) is 5.33. The number of rotatable bonds is 5. The fraction of sp³-hybridized carbons (Fsp3) is 0.0556. The van der Waals surface area contributed by atoms with Gasteiger partial charge in [-0.1, -0.05) is 23.2 Å². The molecular formula is C18H13Cl2N3O3S. The average Bonchev–Trinajstić information content (AvgIpc) is 3.09. The van der Waals surface area contributed by atoms with Gasteiger partial charge in [0.15, 0.2) is 5.13 Å². The largest absolute Gasteiger partial charge is 0.497 e. The quantitative estimate of drug-likeness (QED) is 0.609. The smallest absolute Gasteiger partial charge is 0.275 e. The van der Waals surface area contributed by atoms with Crippen molar-refractivity contribution in [2.45, 2.75) is 0 Å². The van der Waals surface area contributed by atoms with Gasteiger partial charge in [0.2, 0.25) is 0 Å². The van der Waals surface area contributed by atoms with Crippen molar-refractivity contribution in [1.82, 2.24) is 4.98 Å². The highest BCUT2D eigenvalue weighted by atomic mass is 35.5. The molecule has 3 aromatic rings. The molecule has 0 fully saturated rings. The van der Waals surface area contributed by atoms with Crippen molar-refractivity contribution in [3.8, 4) is 5.75 Å². The van der Waals surface area contributed by atoms with Crippen molar-refractivity contribution in [2.24, 2.45) is 0 Å². The number of halogens is 2. The van der Waals surface area contributed by atoms with Gasteiger partial charge in [-0.15, -0.1) is 11.3 Å². The molecule has 2 N–H and O–H groups in total. The van der Waals surface area contributed by atoms with Gasteiger partial charge >= 0.3 is 0 Å². The van der Waals surface area contributed by atoms with Crippen LogP contribution in [-0.2, 0) is 0 Å². The number of benzene rings is 2. The summed E-state index contributed by atoms with van der Waals surface area (Å²) < 4.78 is 5.06. The van der Waals surface area contributed by atoms with E-state index in [1.165, 1.54) is 0 Å². The van der Waals surface area contributed by atoms with Gasteiger partial charge in [0.1, 0.15) is 11.4 Å². The number of nitrogens with one attached hydrogen (secondary N) is 2. The lowest BCUT2D eigenvalue weighted by molar-refractivity contribution is 0.101. The lowest BCUT2D eigenvalue weighted by Gasteiger charge is -2.05. The maximum Gasteiger partial charge on any atom is 0.275 e. The highest BCUT2D eigenvalue weighted by Crippen LogP contribution is 2.24. The Balaban J connectivity index is 1.66. The Hall–Kier alpha value is -2.61. The van der Waals surface area contributed by atoms with E-state index < -0.39 is 5.91 Å². The molecule has 0 radical (unpaired) electrons. The minimum absolute atomic E-state index is 0.168. The summed E-state index contributed by atoms with van der Waals surface area (Å²) in [5, 5.41) is 7.99. The van der Waals surface area contributed by atoms with Crippen LogP contribution in [-0.4, -0.2) is 23.9 Å². The molecule has 2 aromatic carbocycles. The standard InChI is InChI=1S/C18H13Cl2N3O3S/c1-26-14-4-2-10(3-5-14)16(24)23-18-22-15(9-27-18)17(25)21-13-7-11(19)6-12(20)8-13/h2-9H,1H3,(H,21,25)(H,22,23,24). The Morgan fingerprint density at radius 2 is 1.67 bits per heavy atom. The van der Waals surface area contributed by atoms with Gasteiger partial charge in [0.05, 0.1) is 7.11 Å². The van der Waals surface area contributed by atoms with E-state index in [9.17, 15) is 9.59 Å². The summed E-state index contributed by atoms with van der Waals surface area (Å²) in [6, 6.07) is 11.4. The molecule has 0 saturated carbocycles. The summed E-state index contributed by atoms with van der Waals surface area (Å²) in [7, 11) is 1.55. The van der Waals surface area contributed by atoms with E-state index >= 15 is 0 Å². The van der Waals surface area contributed by atoms with E-state index in [0.29, 0.717) is 32.2 Å². The lowest BCUT2D eigenvalue weighted by atomic mass is 10.2. The number of carbonyl (C=O) groups is 2. The molecule has 0 aliphatic carbocycles. The summed E-state index contributed by atoms with van der Waals surface area (Å²) in [6.45, 7) is 0.